The van der Waals surface area contributed by atoms with Crippen molar-refractivity contribution in [2.24, 2.45) is 5.92 Å². The quantitative estimate of drug-likeness (QED) is 0.874. The fraction of sp³-hybridized carbons (Fsp3) is 0.625. The molecule has 0 amide bonds. The first-order valence-corrected chi connectivity index (χ1v) is 7.35. The van der Waals surface area contributed by atoms with Crippen LogP contribution in [0.1, 0.15) is 37.7 Å². The van der Waals surface area contributed by atoms with E-state index in [1.165, 1.54) is 32.1 Å². The second-order valence-corrected chi connectivity index (χ2v) is 5.70. The van der Waals surface area contributed by atoms with Crippen LogP contribution < -0.4 is 10.2 Å². The molecule has 0 aromatic heterocycles. The molecule has 1 aromatic carbocycles. The van der Waals surface area contributed by atoms with Gasteiger partial charge in [0.15, 0.2) is 0 Å². The van der Waals surface area contributed by atoms with Crippen LogP contribution in [0.2, 0.25) is 0 Å². The van der Waals surface area contributed by atoms with Gasteiger partial charge in [-0.05, 0) is 43.5 Å². The first-order chi connectivity index (χ1) is 9.20. The van der Waals surface area contributed by atoms with Gasteiger partial charge in [-0.1, -0.05) is 25.3 Å². The van der Waals surface area contributed by atoms with E-state index >= 15 is 0 Å². The van der Waals surface area contributed by atoms with E-state index in [4.69, 9.17) is 0 Å². The van der Waals surface area contributed by atoms with Crippen LogP contribution >= 0.6 is 0 Å². The third kappa shape index (κ3) is 3.93. The van der Waals surface area contributed by atoms with Crippen molar-refractivity contribution in [3.8, 4) is 0 Å². The number of hydrogen-bond acceptors (Lipinski definition) is 2. The van der Waals surface area contributed by atoms with Crippen LogP contribution in [0, 0.1) is 11.7 Å². The molecule has 1 fully saturated rings. The summed E-state index contributed by atoms with van der Waals surface area (Å²) in [6.07, 6.45) is 6.63. The minimum Gasteiger partial charge on any atom is -0.372 e. The molecule has 2 rings (SSSR count). The third-order valence-electron chi connectivity index (χ3n) is 4.06. The lowest BCUT2D eigenvalue weighted by molar-refractivity contribution is 0.361. The summed E-state index contributed by atoms with van der Waals surface area (Å²) in [7, 11) is 3.88. The fourth-order valence-corrected chi connectivity index (χ4v) is 3.03. The molecule has 0 unspecified atom stereocenters. The second kappa shape index (κ2) is 6.90. The molecule has 1 aliphatic carbocycles. The molecular formula is C16H25FN2. The molecule has 19 heavy (non-hydrogen) atoms. The van der Waals surface area contributed by atoms with Crippen molar-refractivity contribution in [3.63, 3.8) is 0 Å². The maximum atomic E-state index is 14.1. The highest BCUT2D eigenvalue weighted by Gasteiger charge is 2.17. The van der Waals surface area contributed by atoms with Crippen LogP contribution in [-0.4, -0.2) is 20.6 Å². The first-order valence-electron chi connectivity index (χ1n) is 7.35. The Labute approximate surface area is 116 Å². The molecule has 3 heteroatoms. The average Bonchev–Trinajstić information content (AvgIpc) is 2.40. The van der Waals surface area contributed by atoms with Crippen molar-refractivity contribution < 1.29 is 4.39 Å². The lowest BCUT2D eigenvalue weighted by Crippen LogP contribution is -2.27. The van der Waals surface area contributed by atoms with Gasteiger partial charge in [-0.2, -0.15) is 0 Å². The smallest absolute Gasteiger partial charge is 0.146 e. The van der Waals surface area contributed by atoms with E-state index in [1.807, 2.05) is 26.2 Å². The maximum absolute atomic E-state index is 14.1. The van der Waals surface area contributed by atoms with Gasteiger partial charge in [0.05, 0.1) is 5.69 Å². The summed E-state index contributed by atoms with van der Waals surface area (Å²) in [4.78, 5) is 2.08. The predicted molar refractivity (Wildman–Crippen MR) is 79.0 cm³/mol. The summed E-state index contributed by atoms with van der Waals surface area (Å²) in [5.74, 6) is 0.626. The lowest BCUT2D eigenvalue weighted by atomic mass is 9.89. The summed E-state index contributed by atoms with van der Waals surface area (Å²) < 4.78 is 14.1. The van der Waals surface area contributed by atoms with E-state index in [2.05, 4.69) is 10.2 Å². The zero-order chi connectivity index (χ0) is 13.7. The Balaban J connectivity index is 1.99. The summed E-state index contributed by atoms with van der Waals surface area (Å²) in [6, 6.07) is 5.56. The van der Waals surface area contributed by atoms with Crippen LogP contribution in [0.4, 0.5) is 10.1 Å². The van der Waals surface area contributed by atoms with Crippen molar-refractivity contribution in [3.05, 3.63) is 29.6 Å². The van der Waals surface area contributed by atoms with E-state index in [-0.39, 0.29) is 5.82 Å². The van der Waals surface area contributed by atoms with Gasteiger partial charge in [-0.3, -0.25) is 0 Å². The predicted octanol–water partition coefficient (Wildman–Crippen LogP) is 3.56. The highest BCUT2D eigenvalue weighted by molar-refractivity contribution is 5.48. The molecule has 0 atom stereocenters. The van der Waals surface area contributed by atoms with Crippen molar-refractivity contribution >= 4 is 5.69 Å². The van der Waals surface area contributed by atoms with Gasteiger partial charge in [-0.15, -0.1) is 0 Å². The van der Waals surface area contributed by atoms with Crippen LogP contribution in [0.25, 0.3) is 0 Å². The van der Waals surface area contributed by atoms with Gasteiger partial charge < -0.3 is 10.2 Å². The molecule has 0 saturated heterocycles. The SMILES string of the molecule is CNCc1ccc(N(C)CC2CCCCC2)c(F)c1. The molecule has 1 aromatic rings. The molecule has 0 bridgehead atoms. The van der Waals surface area contributed by atoms with E-state index in [9.17, 15) is 4.39 Å². The number of halogens is 1. The Morgan fingerprint density at radius 3 is 2.63 bits per heavy atom. The van der Waals surface area contributed by atoms with Crippen LogP contribution in [0.5, 0.6) is 0 Å². The largest absolute Gasteiger partial charge is 0.372 e. The van der Waals surface area contributed by atoms with Gasteiger partial charge in [0, 0.05) is 20.1 Å². The van der Waals surface area contributed by atoms with E-state index in [1.54, 1.807) is 6.07 Å². The fourth-order valence-electron chi connectivity index (χ4n) is 3.03. The van der Waals surface area contributed by atoms with Crippen LogP contribution in [0.3, 0.4) is 0 Å². The molecule has 2 nitrogen and oxygen atoms in total. The summed E-state index contributed by atoms with van der Waals surface area (Å²) in [5, 5.41) is 3.05. The average molecular weight is 264 g/mol. The first kappa shape index (κ1) is 14.3. The number of nitrogens with zero attached hydrogens (tertiary/aromatic N) is 1. The third-order valence-corrected chi connectivity index (χ3v) is 4.06. The molecular weight excluding hydrogens is 239 g/mol. The van der Waals surface area contributed by atoms with E-state index in [0.717, 1.165) is 23.7 Å². The molecule has 1 N–H and O–H groups in total. The van der Waals surface area contributed by atoms with Crippen molar-refractivity contribution in [2.75, 3.05) is 25.5 Å². The number of nitrogens with one attached hydrogen (secondary N) is 1. The van der Waals surface area contributed by atoms with Gasteiger partial charge in [0.25, 0.3) is 0 Å². The normalized spacial score (nSPS) is 16.6. The molecule has 0 heterocycles. The van der Waals surface area contributed by atoms with E-state index < -0.39 is 0 Å². The van der Waals surface area contributed by atoms with Crippen molar-refractivity contribution in [1.82, 2.24) is 5.32 Å². The Kier molecular flexibility index (Phi) is 5.20. The lowest BCUT2D eigenvalue weighted by Gasteiger charge is -2.28. The summed E-state index contributed by atoms with van der Waals surface area (Å²) in [6.45, 7) is 1.69. The zero-order valence-corrected chi connectivity index (χ0v) is 12.1. The minimum absolute atomic E-state index is 0.106. The van der Waals surface area contributed by atoms with Gasteiger partial charge in [-0.25, -0.2) is 4.39 Å². The van der Waals surface area contributed by atoms with Gasteiger partial charge in [0.2, 0.25) is 0 Å². The monoisotopic (exact) mass is 264 g/mol. The number of anilines is 1. The topological polar surface area (TPSA) is 15.3 Å². The van der Waals surface area contributed by atoms with Gasteiger partial charge >= 0.3 is 0 Å². The molecule has 1 aliphatic rings. The molecule has 106 valence electrons. The molecule has 0 radical (unpaired) electrons. The summed E-state index contributed by atoms with van der Waals surface area (Å²) in [5.41, 5.74) is 1.72. The zero-order valence-electron chi connectivity index (χ0n) is 12.1. The second-order valence-electron chi connectivity index (χ2n) is 5.70. The standard InChI is InChI=1S/C16H25FN2/c1-18-11-14-8-9-16(15(17)10-14)19(2)12-13-6-4-3-5-7-13/h8-10,13,18H,3-7,11-12H2,1-2H3. The highest BCUT2D eigenvalue weighted by Crippen LogP contribution is 2.27. The van der Waals surface area contributed by atoms with Crippen molar-refractivity contribution in [1.29, 1.82) is 0 Å². The van der Waals surface area contributed by atoms with Crippen molar-refractivity contribution in [2.45, 2.75) is 38.6 Å². The Bertz CT molecular complexity index is 400. The van der Waals surface area contributed by atoms with Gasteiger partial charge in [0.1, 0.15) is 5.82 Å². The van der Waals surface area contributed by atoms with Crippen LogP contribution in [0.15, 0.2) is 18.2 Å². The summed E-state index contributed by atoms with van der Waals surface area (Å²) >= 11 is 0. The highest BCUT2D eigenvalue weighted by atomic mass is 19.1. The molecule has 0 spiro atoms. The Hall–Kier alpha value is -1.09. The Morgan fingerprint density at radius 1 is 1.26 bits per heavy atom. The van der Waals surface area contributed by atoms with Crippen LogP contribution in [-0.2, 0) is 6.54 Å². The molecule has 0 aliphatic heterocycles. The Morgan fingerprint density at radius 2 is 2.00 bits per heavy atom. The number of hydrogen-bond donors (Lipinski definition) is 1. The minimum atomic E-state index is -0.106. The maximum Gasteiger partial charge on any atom is 0.146 e. The molecule has 1 saturated carbocycles. The van der Waals surface area contributed by atoms with E-state index in [0.29, 0.717) is 6.54 Å². The number of benzene rings is 1. The number of rotatable bonds is 5.